The molecule has 1 aromatic rings. The number of hydrogen-bond acceptors (Lipinski definition) is 5. The van der Waals surface area contributed by atoms with E-state index in [0.29, 0.717) is 5.56 Å². The highest BCUT2D eigenvalue weighted by atomic mass is 32.2. The molecule has 7 nitrogen and oxygen atoms in total. The minimum absolute atomic E-state index is 0.109. The fourth-order valence-corrected chi connectivity index (χ4v) is 4.04. The van der Waals surface area contributed by atoms with Crippen LogP contribution >= 0.6 is 0 Å². The summed E-state index contributed by atoms with van der Waals surface area (Å²) >= 11 is 0. The zero-order chi connectivity index (χ0) is 18.0. The number of carboxylic acid groups (broad SMARTS) is 1. The molecule has 9 heteroatoms. The van der Waals surface area contributed by atoms with Crippen molar-refractivity contribution in [2.24, 2.45) is 11.8 Å². The topological polar surface area (TPSA) is 118 Å². The van der Waals surface area contributed by atoms with E-state index in [-0.39, 0.29) is 22.3 Å². The third-order valence-electron chi connectivity index (χ3n) is 3.49. The van der Waals surface area contributed by atoms with Gasteiger partial charge in [-0.2, -0.15) is 0 Å². The van der Waals surface area contributed by atoms with Gasteiger partial charge in [-0.3, -0.25) is 4.79 Å². The second-order valence-corrected chi connectivity index (χ2v) is 9.49. The van der Waals surface area contributed by atoms with E-state index in [4.69, 9.17) is 5.11 Å². The van der Waals surface area contributed by atoms with Gasteiger partial charge >= 0.3 is 5.97 Å². The van der Waals surface area contributed by atoms with Crippen LogP contribution in [0.25, 0.3) is 0 Å². The summed E-state index contributed by atoms with van der Waals surface area (Å²) < 4.78 is 50.2. The molecule has 0 amide bonds. The maximum Gasteiger partial charge on any atom is 0.308 e. The molecular formula is C14H21NO6S2. The Morgan fingerprint density at radius 2 is 1.78 bits per heavy atom. The molecule has 0 saturated carbocycles. The van der Waals surface area contributed by atoms with E-state index in [1.165, 1.54) is 19.1 Å². The third kappa shape index (κ3) is 5.02. The SMILES string of the molecule is Cc1ccc(S(C)(=O)=O)cc1S(=O)(=O)NCC(C(=O)O)C(C)C. The molecule has 1 rings (SSSR count). The molecule has 0 heterocycles. The van der Waals surface area contributed by atoms with Crippen molar-refractivity contribution in [3.63, 3.8) is 0 Å². The molecule has 0 aliphatic rings. The number of sulfonamides is 1. The summed E-state index contributed by atoms with van der Waals surface area (Å²) in [5.74, 6) is -2.22. The van der Waals surface area contributed by atoms with Gasteiger partial charge in [-0.05, 0) is 30.5 Å². The van der Waals surface area contributed by atoms with Gasteiger partial charge in [-0.25, -0.2) is 21.6 Å². The standard InChI is InChI=1S/C14H21NO6S2/c1-9(2)12(14(16)17)8-15-23(20,21)13-7-11(22(4,18)19)6-5-10(13)3/h5-7,9,12,15H,8H2,1-4H3,(H,16,17). The quantitative estimate of drug-likeness (QED) is 0.747. The Kier molecular flexibility index (Phi) is 5.95. The van der Waals surface area contributed by atoms with Crippen molar-refractivity contribution in [2.75, 3.05) is 12.8 Å². The predicted octanol–water partition coefficient (Wildman–Crippen LogP) is 1.03. The van der Waals surface area contributed by atoms with E-state index >= 15 is 0 Å². The van der Waals surface area contributed by atoms with E-state index in [9.17, 15) is 21.6 Å². The Hall–Kier alpha value is -1.45. The zero-order valence-electron chi connectivity index (χ0n) is 13.4. The van der Waals surface area contributed by atoms with Gasteiger partial charge in [0, 0.05) is 12.8 Å². The van der Waals surface area contributed by atoms with E-state index in [0.717, 1.165) is 12.3 Å². The number of rotatable bonds is 7. The third-order valence-corrected chi connectivity index (χ3v) is 6.17. The summed E-state index contributed by atoms with van der Waals surface area (Å²) in [5, 5.41) is 9.10. The van der Waals surface area contributed by atoms with Crippen LogP contribution in [0.2, 0.25) is 0 Å². The Labute approximate surface area is 136 Å². The minimum Gasteiger partial charge on any atom is -0.481 e. The molecule has 0 saturated heterocycles. The van der Waals surface area contributed by atoms with Crippen LogP contribution in [0.15, 0.2) is 28.0 Å². The van der Waals surface area contributed by atoms with Gasteiger partial charge in [0.05, 0.1) is 15.7 Å². The van der Waals surface area contributed by atoms with Gasteiger partial charge in [-0.15, -0.1) is 0 Å². The number of hydrogen-bond donors (Lipinski definition) is 2. The maximum absolute atomic E-state index is 12.4. The van der Waals surface area contributed by atoms with Gasteiger partial charge in [0.2, 0.25) is 10.0 Å². The van der Waals surface area contributed by atoms with Crippen LogP contribution in [-0.4, -0.2) is 40.7 Å². The molecule has 23 heavy (non-hydrogen) atoms. The highest BCUT2D eigenvalue weighted by Crippen LogP contribution is 2.20. The first kappa shape index (κ1) is 19.6. The van der Waals surface area contributed by atoms with Crippen molar-refractivity contribution in [3.05, 3.63) is 23.8 Å². The lowest BCUT2D eigenvalue weighted by Crippen LogP contribution is -2.35. The molecule has 0 radical (unpaired) electrons. The lowest BCUT2D eigenvalue weighted by molar-refractivity contribution is -0.142. The second kappa shape index (κ2) is 6.98. The Morgan fingerprint density at radius 3 is 2.22 bits per heavy atom. The fraction of sp³-hybridized carbons (Fsp3) is 0.500. The van der Waals surface area contributed by atoms with Crippen molar-refractivity contribution in [2.45, 2.75) is 30.6 Å². The van der Waals surface area contributed by atoms with Crippen LogP contribution < -0.4 is 4.72 Å². The highest BCUT2D eigenvalue weighted by molar-refractivity contribution is 7.91. The lowest BCUT2D eigenvalue weighted by Gasteiger charge is -2.17. The molecule has 1 aromatic carbocycles. The molecule has 1 atom stereocenters. The number of carbonyl (C=O) groups is 1. The molecule has 1 unspecified atom stereocenters. The molecule has 0 fully saturated rings. The average Bonchev–Trinajstić information content (AvgIpc) is 2.36. The highest BCUT2D eigenvalue weighted by Gasteiger charge is 2.26. The molecule has 0 aliphatic carbocycles. The fourth-order valence-electron chi connectivity index (χ4n) is 1.99. The summed E-state index contributed by atoms with van der Waals surface area (Å²) in [7, 11) is -7.56. The Bertz CT molecular complexity index is 797. The number of sulfone groups is 1. The van der Waals surface area contributed by atoms with Gasteiger partial charge in [-0.1, -0.05) is 19.9 Å². The molecule has 0 aromatic heterocycles. The summed E-state index contributed by atoms with van der Waals surface area (Å²) in [4.78, 5) is 10.9. The smallest absolute Gasteiger partial charge is 0.308 e. The van der Waals surface area contributed by atoms with Crippen LogP contribution in [-0.2, 0) is 24.7 Å². The van der Waals surface area contributed by atoms with E-state index in [1.807, 2.05) is 0 Å². The van der Waals surface area contributed by atoms with Gasteiger partial charge in [0.25, 0.3) is 0 Å². The first-order valence-corrected chi connectivity index (χ1v) is 10.3. The van der Waals surface area contributed by atoms with Crippen molar-refractivity contribution < 1.29 is 26.7 Å². The molecule has 0 spiro atoms. The molecule has 130 valence electrons. The van der Waals surface area contributed by atoms with Gasteiger partial charge in [0.1, 0.15) is 0 Å². The number of nitrogens with one attached hydrogen (secondary N) is 1. The lowest BCUT2D eigenvalue weighted by atomic mass is 9.97. The maximum atomic E-state index is 12.4. The first-order valence-electron chi connectivity index (χ1n) is 6.89. The molecule has 0 bridgehead atoms. The van der Waals surface area contributed by atoms with E-state index in [1.54, 1.807) is 13.8 Å². The van der Waals surface area contributed by atoms with Crippen molar-refractivity contribution in [3.8, 4) is 0 Å². The molecular weight excluding hydrogens is 342 g/mol. The van der Waals surface area contributed by atoms with E-state index in [2.05, 4.69) is 4.72 Å². The van der Waals surface area contributed by atoms with Crippen LogP contribution in [0.4, 0.5) is 0 Å². The van der Waals surface area contributed by atoms with E-state index < -0.39 is 31.7 Å². The Balaban J connectivity index is 3.17. The van der Waals surface area contributed by atoms with Gasteiger partial charge in [0.15, 0.2) is 9.84 Å². The van der Waals surface area contributed by atoms with Crippen LogP contribution in [0.1, 0.15) is 19.4 Å². The minimum atomic E-state index is -4.01. The monoisotopic (exact) mass is 363 g/mol. The molecule has 0 aliphatic heterocycles. The summed E-state index contributed by atoms with van der Waals surface area (Å²) in [6.45, 7) is 4.64. The second-order valence-electron chi connectivity index (χ2n) is 5.74. The predicted molar refractivity (Wildman–Crippen MR) is 85.4 cm³/mol. The largest absolute Gasteiger partial charge is 0.481 e. The Morgan fingerprint density at radius 1 is 1.22 bits per heavy atom. The number of benzene rings is 1. The van der Waals surface area contributed by atoms with Crippen LogP contribution in [0.5, 0.6) is 0 Å². The molecule has 2 N–H and O–H groups in total. The van der Waals surface area contributed by atoms with Crippen molar-refractivity contribution in [1.29, 1.82) is 0 Å². The first-order chi connectivity index (χ1) is 10.4. The van der Waals surface area contributed by atoms with Crippen LogP contribution in [0.3, 0.4) is 0 Å². The summed E-state index contributed by atoms with van der Waals surface area (Å²) in [5.41, 5.74) is 0.376. The summed E-state index contributed by atoms with van der Waals surface area (Å²) in [6.07, 6.45) is 0.987. The van der Waals surface area contributed by atoms with Crippen molar-refractivity contribution >= 4 is 25.8 Å². The van der Waals surface area contributed by atoms with Crippen molar-refractivity contribution in [1.82, 2.24) is 4.72 Å². The summed E-state index contributed by atoms with van der Waals surface area (Å²) in [6, 6.07) is 3.82. The van der Waals surface area contributed by atoms with Gasteiger partial charge < -0.3 is 5.11 Å². The number of carboxylic acids is 1. The zero-order valence-corrected chi connectivity index (χ0v) is 15.0. The number of aryl methyl sites for hydroxylation is 1. The average molecular weight is 363 g/mol. The number of aliphatic carboxylic acids is 1. The normalized spacial score (nSPS) is 14.0. The van der Waals surface area contributed by atoms with Crippen LogP contribution in [0, 0.1) is 18.8 Å².